The second-order valence-electron chi connectivity index (χ2n) is 7.59. The van der Waals surface area contributed by atoms with Crippen molar-refractivity contribution in [3.63, 3.8) is 0 Å². The molecule has 0 bridgehead atoms. The molecule has 0 aromatic heterocycles. The molecule has 30 heavy (non-hydrogen) atoms. The molecule has 0 saturated carbocycles. The van der Waals surface area contributed by atoms with E-state index >= 15 is 0 Å². The van der Waals surface area contributed by atoms with Gasteiger partial charge in [-0.25, -0.2) is 4.79 Å². The number of methoxy groups -OCH3 is 1. The first-order valence-corrected chi connectivity index (χ1v) is 9.44. The number of benzene rings is 2. The van der Waals surface area contributed by atoms with Gasteiger partial charge in [0.05, 0.1) is 12.8 Å². The zero-order valence-electron chi connectivity index (χ0n) is 17.7. The lowest BCUT2D eigenvalue weighted by atomic mass is 10.2. The molecule has 0 aliphatic rings. The standard InChI is InChI=1S/C22H27N3O5/c1-14(23-20(27)15-9-7-6-8-10-15)19(26)24-16-11-12-18(29-5)17(13-16)25-21(28)30-22(2,3)4/h6-14H,1-5H3,(H,23,27)(H,24,26)(H,25,28). The number of hydrogen-bond acceptors (Lipinski definition) is 5. The summed E-state index contributed by atoms with van der Waals surface area (Å²) >= 11 is 0. The molecule has 2 aromatic carbocycles. The zero-order valence-corrected chi connectivity index (χ0v) is 17.7. The van der Waals surface area contributed by atoms with Gasteiger partial charge >= 0.3 is 6.09 Å². The number of rotatable bonds is 6. The normalized spacial score (nSPS) is 11.8. The molecule has 1 unspecified atom stereocenters. The number of amides is 3. The van der Waals surface area contributed by atoms with Gasteiger partial charge in [0.2, 0.25) is 5.91 Å². The van der Waals surface area contributed by atoms with E-state index in [1.54, 1.807) is 76.2 Å². The van der Waals surface area contributed by atoms with E-state index in [2.05, 4.69) is 16.0 Å². The van der Waals surface area contributed by atoms with Gasteiger partial charge in [-0.05, 0) is 58.0 Å². The SMILES string of the molecule is COc1ccc(NC(=O)C(C)NC(=O)c2ccccc2)cc1NC(=O)OC(C)(C)C. The molecule has 0 fully saturated rings. The van der Waals surface area contributed by atoms with Crippen LogP contribution >= 0.6 is 0 Å². The summed E-state index contributed by atoms with van der Waals surface area (Å²) in [6.07, 6.45) is -0.646. The zero-order chi connectivity index (χ0) is 22.3. The Kier molecular flexibility index (Phi) is 7.41. The van der Waals surface area contributed by atoms with Crippen LogP contribution < -0.4 is 20.7 Å². The van der Waals surface area contributed by atoms with Gasteiger partial charge in [0.1, 0.15) is 17.4 Å². The van der Waals surface area contributed by atoms with Gasteiger partial charge in [-0.1, -0.05) is 18.2 Å². The first-order valence-electron chi connectivity index (χ1n) is 9.44. The van der Waals surface area contributed by atoms with Gasteiger partial charge in [0.15, 0.2) is 0 Å². The topological polar surface area (TPSA) is 106 Å². The van der Waals surface area contributed by atoms with Crippen molar-refractivity contribution in [2.45, 2.75) is 39.3 Å². The maximum absolute atomic E-state index is 12.5. The van der Waals surface area contributed by atoms with Crippen molar-refractivity contribution in [3.05, 3.63) is 54.1 Å². The Labute approximate surface area is 175 Å². The van der Waals surface area contributed by atoms with E-state index in [1.807, 2.05) is 0 Å². The Bertz CT molecular complexity index is 907. The fourth-order valence-electron chi connectivity index (χ4n) is 2.48. The summed E-state index contributed by atoms with van der Waals surface area (Å²) in [5, 5.41) is 7.96. The average Bonchev–Trinajstić information content (AvgIpc) is 2.67. The molecule has 8 nitrogen and oxygen atoms in total. The van der Waals surface area contributed by atoms with Gasteiger partial charge in [-0.2, -0.15) is 0 Å². The second-order valence-corrected chi connectivity index (χ2v) is 7.59. The van der Waals surface area contributed by atoms with E-state index in [4.69, 9.17) is 9.47 Å². The minimum atomic E-state index is -0.776. The molecule has 2 rings (SSSR count). The highest BCUT2D eigenvalue weighted by Crippen LogP contribution is 2.28. The van der Waals surface area contributed by atoms with Crippen LogP contribution in [0.3, 0.4) is 0 Å². The molecule has 0 aliphatic carbocycles. The molecule has 0 heterocycles. The largest absolute Gasteiger partial charge is 0.495 e. The first-order chi connectivity index (χ1) is 14.1. The summed E-state index contributed by atoms with van der Waals surface area (Å²) < 4.78 is 10.5. The maximum atomic E-state index is 12.5. The monoisotopic (exact) mass is 413 g/mol. The fraction of sp³-hybridized carbons (Fsp3) is 0.318. The number of ether oxygens (including phenoxy) is 2. The molecule has 0 radical (unpaired) electrons. The molecular formula is C22H27N3O5. The molecular weight excluding hydrogens is 386 g/mol. The summed E-state index contributed by atoms with van der Waals surface area (Å²) in [5.41, 5.74) is 0.568. The van der Waals surface area contributed by atoms with E-state index in [1.165, 1.54) is 7.11 Å². The highest BCUT2D eigenvalue weighted by atomic mass is 16.6. The predicted octanol–water partition coefficient (Wildman–Crippen LogP) is 3.80. The Balaban J connectivity index is 2.05. The molecule has 0 spiro atoms. The molecule has 3 N–H and O–H groups in total. The minimum absolute atomic E-state index is 0.338. The lowest BCUT2D eigenvalue weighted by Crippen LogP contribution is -2.41. The van der Waals surface area contributed by atoms with Gasteiger partial charge in [-0.3, -0.25) is 14.9 Å². The molecule has 0 saturated heterocycles. The third-order valence-electron chi connectivity index (χ3n) is 3.88. The van der Waals surface area contributed by atoms with Gasteiger partial charge in [-0.15, -0.1) is 0 Å². The Morgan fingerprint density at radius 1 is 0.967 bits per heavy atom. The predicted molar refractivity (Wildman–Crippen MR) is 115 cm³/mol. The van der Waals surface area contributed by atoms with Crippen molar-refractivity contribution in [2.75, 3.05) is 17.7 Å². The third kappa shape index (κ3) is 6.80. The molecule has 8 heteroatoms. The minimum Gasteiger partial charge on any atom is -0.495 e. The van der Waals surface area contributed by atoms with Crippen molar-refractivity contribution < 1.29 is 23.9 Å². The molecule has 160 valence electrons. The van der Waals surface area contributed by atoms with Crippen LogP contribution in [0.25, 0.3) is 0 Å². The van der Waals surface area contributed by atoms with E-state index in [-0.39, 0.29) is 5.91 Å². The summed E-state index contributed by atoms with van der Waals surface area (Å²) in [6.45, 7) is 6.85. The van der Waals surface area contributed by atoms with Crippen molar-refractivity contribution in [1.29, 1.82) is 0 Å². The highest BCUT2D eigenvalue weighted by Gasteiger charge is 2.19. The van der Waals surface area contributed by atoms with Crippen LogP contribution in [0, 0.1) is 0 Å². The number of hydrogen-bond donors (Lipinski definition) is 3. The second kappa shape index (κ2) is 9.78. The Morgan fingerprint density at radius 2 is 1.63 bits per heavy atom. The lowest BCUT2D eigenvalue weighted by molar-refractivity contribution is -0.117. The van der Waals surface area contributed by atoms with Crippen LogP contribution in [-0.2, 0) is 9.53 Å². The van der Waals surface area contributed by atoms with Crippen molar-refractivity contribution in [1.82, 2.24) is 5.32 Å². The summed E-state index contributed by atoms with van der Waals surface area (Å²) in [7, 11) is 1.47. The van der Waals surface area contributed by atoms with Crippen LogP contribution in [0.4, 0.5) is 16.2 Å². The summed E-state index contributed by atoms with van der Waals surface area (Å²) in [4.78, 5) is 36.8. The first kappa shape index (κ1) is 22.7. The number of carbonyl (C=O) groups excluding carboxylic acids is 3. The van der Waals surface area contributed by atoms with Crippen LogP contribution in [0.15, 0.2) is 48.5 Å². The quantitative estimate of drug-likeness (QED) is 0.668. The lowest BCUT2D eigenvalue weighted by Gasteiger charge is -2.20. The Hall–Kier alpha value is -3.55. The van der Waals surface area contributed by atoms with Crippen LogP contribution in [-0.4, -0.2) is 36.7 Å². The fourth-order valence-corrected chi connectivity index (χ4v) is 2.48. The molecule has 2 aromatic rings. The smallest absolute Gasteiger partial charge is 0.412 e. The summed E-state index contributed by atoms with van der Waals surface area (Å²) in [5.74, 6) is -0.350. The van der Waals surface area contributed by atoms with Gasteiger partial charge in [0.25, 0.3) is 5.91 Å². The molecule has 0 aliphatic heterocycles. The number of nitrogens with one attached hydrogen (secondary N) is 3. The third-order valence-corrected chi connectivity index (χ3v) is 3.88. The van der Waals surface area contributed by atoms with E-state index in [0.29, 0.717) is 22.7 Å². The van der Waals surface area contributed by atoms with Gasteiger partial charge in [0, 0.05) is 11.3 Å². The van der Waals surface area contributed by atoms with Crippen LogP contribution in [0.5, 0.6) is 5.75 Å². The van der Waals surface area contributed by atoms with E-state index in [0.717, 1.165) is 0 Å². The van der Waals surface area contributed by atoms with Crippen molar-refractivity contribution >= 4 is 29.3 Å². The number of anilines is 2. The summed E-state index contributed by atoms with van der Waals surface area (Å²) in [6, 6.07) is 12.6. The Morgan fingerprint density at radius 3 is 2.23 bits per heavy atom. The van der Waals surface area contributed by atoms with Crippen molar-refractivity contribution in [3.8, 4) is 5.75 Å². The van der Waals surface area contributed by atoms with Crippen LogP contribution in [0.1, 0.15) is 38.1 Å². The molecule has 3 amide bonds. The molecule has 1 atom stereocenters. The number of carbonyl (C=O) groups is 3. The highest BCUT2D eigenvalue weighted by molar-refractivity contribution is 6.01. The van der Waals surface area contributed by atoms with Crippen LogP contribution in [0.2, 0.25) is 0 Å². The van der Waals surface area contributed by atoms with Gasteiger partial charge < -0.3 is 20.1 Å². The van der Waals surface area contributed by atoms with Crippen molar-refractivity contribution in [2.24, 2.45) is 0 Å². The van der Waals surface area contributed by atoms with E-state index in [9.17, 15) is 14.4 Å². The average molecular weight is 413 g/mol. The maximum Gasteiger partial charge on any atom is 0.412 e. The van der Waals surface area contributed by atoms with E-state index < -0.39 is 23.6 Å².